The number of nitrogens with one attached hydrogen (secondary N) is 2. The first-order valence-corrected chi connectivity index (χ1v) is 10.8. The second-order valence-electron chi connectivity index (χ2n) is 8.12. The molecule has 1 aliphatic rings. The molecule has 182 valence electrons. The number of fused-ring (bicyclic) bond motifs is 1. The molecule has 34 heavy (non-hydrogen) atoms. The topological polar surface area (TPSA) is 169 Å². The summed E-state index contributed by atoms with van der Waals surface area (Å²) in [5.74, 6) is -5.28. The number of hydrogen-bond donors (Lipinski definition) is 7. The van der Waals surface area contributed by atoms with Crippen molar-refractivity contribution in [3.8, 4) is 11.5 Å². The summed E-state index contributed by atoms with van der Waals surface area (Å²) in [4.78, 5) is 8.37. The molecule has 1 aliphatic heterocycles. The summed E-state index contributed by atoms with van der Waals surface area (Å²) in [6.45, 7) is -0.525. The average Bonchev–Trinajstić information content (AvgIpc) is 2.71. The van der Waals surface area contributed by atoms with Crippen LogP contribution in [0.3, 0.4) is 0 Å². The van der Waals surface area contributed by atoms with Crippen LogP contribution in [0.5, 0.6) is 11.5 Å². The molecule has 2 aromatic carbocycles. The summed E-state index contributed by atoms with van der Waals surface area (Å²) in [5, 5.41) is 55.1. The number of aliphatic hydroxyl groups is 5. The first-order valence-electron chi connectivity index (χ1n) is 9.98. The van der Waals surface area contributed by atoms with E-state index >= 15 is 0 Å². The number of hydrogen-bond acceptors (Lipinski definition) is 11. The van der Waals surface area contributed by atoms with Crippen LogP contribution in [0.25, 0.3) is 10.9 Å². The molecule has 0 amide bonds. The lowest BCUT2D eigenvalue weighted by Gasteiger charge is -2.45. The van der Waals surface area contributed by atoms with Crippen molar-refractivity contribution in [1.29, 1.82) is 0 Å². The lowest BCUT2D eigenvalue weighted by Crippen LogP contribution is -2.69. The van der Waals surface area contributed by atoms with E-state index in [1.807, 2.05) is 0 Å². The van der Waals surface area contributed by atoms with Gasteiger partial charge in [0.05, 0.1) is 18.3 Å². The van der Waals surface area contributed by atoms with Gasteiger partial charge in [0.2, 0.25) is 11.8 Å². The minimum absolute atomic E-state index is 0.143. The molecule has 1 saturated heterocycles. The quantitative estimate of drug-likeness (QED) is 0.223. The number of benzene rings is 2. The molecule has 0 unspecified atom stereocenters. The van der Waals surface area contributed by atoms with E-state index in [9.17, 15) is 29.9 Å². The smallest absolute Gasteiger partial charge is 0.229 e. The van der Waals surface area contributed by atoms with Gasteiger partial charge in [0, 0.05) is 28.8 Å². The largest absolute Gasteiger partial charge is 0.493 e. The number of aromatic nitrogens is 2. The molecule has 7 N–H and O–H groups in total. The van der Waals surface area contributed by atoms with Crippen molar-refractivity contribution in [3.63, 3.8) is 0 Å². The van der Waals surface area contributed by atoms with Gasteiger partial charge in [-0.15, -0.1) is 0 Å². The van der Waals surface area contributed by atoms with Crippen LogP contribution in [0, 0.1) is 5.82 Å². The van der Waals surface area contributed by atoms with E-state index in [-0.39, 0.29) is 17.2 Å². The van der Waals surface area contributed by atoms with Gasteiger partial charge in [-0.25, -0.2) is 19.7 Å². The van der Waals surface area contributed by atoms with Crippen LogP contribution in [0.15, 0.2) is 41.1 Å². The first kappa shape index (κ1) is 24.5. The van der Waals surface area contributed by atoms with Gasteiger partial charge < -0.3 is 40.3 Å². The Morgan fingerprint density at radius 1 is 1.06 bits per heavy atom. The van der Waals surface area contributed by atoms with Gasteiger partial charge in [0.15, 0.2) is 11.5 Å². The predicted molar refractivity (Wildman–Crippen MR) is 121 cm³/mol. The highest BCUT2D eigenvalue weighted by atomic mass is 79.9. The Morgan fingerprint density at radius 2 is 1.76 bits per heavy atom. The van der Waals surface area contributed by atoms with Crippen molar-refractivity contribution in [1.82, 2.24) is 15.3 Å². The molecular formula is C21H22BrFN4O7. The van der Waals surface area contributed by atoms with Gasteiger partial charge in [-0.1, -0.05) is 15.9 Å². The molecule has 13 heteroatoms. The molecule has 11 nitrogen and oxygen atoms in total. The molecule has 3 aromatic rings. The van der Waals surface area contributed by atoms with E-state index in [4.69, 9.17) is 9.47 Å². The molecule has 0 radical (unpaired) electrons. The van der Waals surface area contributed by atoms with Crippen LogP contribution >= 0.6 is 15.9 Å². The van der Waals surface area contributed by atoms with Crippen LogP contribution in [-0.4, -0.2) is 66.6 Å². The van der Waals surface area contributed by atoms with Crippen molar-refractivity contribution >= 4 is 38.3 Å². The first-order chi connectivity index (χ1) is 15.9. The van der Waals surface area contributed by atoms with Crippen LogP contribution < -0.4 is 20.1 Å². The number of nitrogens with zero attached hydrogens (tertiary/aromatic N) is 2. The summed E-state index contributed by atoms with van der Waals surface area (Å²) >= 11 is 3.21. The van der Waals surface area contributed by atoms with Crippen molar-refractivity contribution in [3.05, 3.63) is 46.9 Å². The third kappa shape index (κ3) is 5.36. The normalized spacial score (nSPS) is 18.5. The molecule has 1 fully saturated rings. The maximum Gasteiger partial charge on any atom is 0.229 e. The number of halogens is 2. The maximum atomic E-state index is 14.3. The Kier molecular flexibility index (Phi) is 6.37. The summed E-state index contributed by atoms with van der Waals surface area (Å²) < 4.78 is 25.9. The fourth-order valence-electron chi connectivity index (χ4n) is 3.86. The standard InChI is InChI=1S/C21H22BrFN4O7/c1-33-16-5-12-15(24-10-25-18(12)26-14-3-2-11(22)4-13(14)23)6-17(16)34-9-19(28)7-20(29,30)27-21(31,32)8-19/h2-6,10,27-32H,7-9H2,1H3,(H,24,25,26). The highest BCUT2D eigenvalue weighted by Crippen LogP contribution is 2.37. The van der Waals surface area contributed by atoms with Gasteiger partial charge in [-0.05, 0) is 24.3 Å². The van der Waals surface area contributed by atoms with Gasteiger partial charge in [-0.3, -0.25) is 0 Å². The lowest BCUT2D eigenvalue weighted by atomic mass is 9.88. The highest BCUT2D eigenvalue weighted by molar-refractivity contribution is 9.10. The van der Waals surface area contributed by atoms with Gasteiger partial charge in [0.1, 0.15) is 30.2 Å². The molecular weight excluding hydrogens is 519 g/mol. The fraction of sp³-hybridized carbons (Fsp3) is 0.333. The zero-order valence-electron chi connectivity index (χ0n) is 17.8. The lowest BCUT2D eigenvalue weighted by molar-refractivity contribution is -0.345. The van der Waals surface area contributed by atoms with Gasteiger partial charge >= 0.3 is 0 Å². The average molecular weight is 541 g/mol. The summed E-state index contributed by atoms with van der Waals surface area (Å²) in [6, 6.07) is 7.59. The van der Waals surface area contributed by atoms with E-state index in [2.05, 4.69) is 31.2 Å². The van der Waals surface area contributed by atoms with Crippen LogP contribution in [0.2, 0.25) is 0 Å². The van der Waals surface area contributed by atoms with Crippen molar-refractivity contribution in [2.75, 3.05) is 19.0 Å². The van der Waals surface area contributed by atoms with Gasteiger partial charge in [-0.2, -0.15) is 0 Å². The summed E-state index contributed by atoms with van der Waals surface area (Å²) in [7, 11) is 1.39. The molecule has 0 atom stereocenters. The predicted octanol–water partition coefficient (Wildman–Crippen LogP) is 1.05. The molecule has 0 spiro atoms. The van der Waals surface area contributed by atoms with Crippen LogP contribution in [-0.2, 0) is 0 Å². The highest BCUT2D eigenvalue weighted by Gasteiger charge is 2.52. The second-order valence-corrected chi connectivity index (χ2v) is 9.03. The van der Waals surface area contributed by atoms with E-state index < -0.39 is 42.7 Å². The van der Waals surface area contributed by atoms with E-state index in [0.29, 0.717) is 21.2 Å². The zero-order valence-corrected chi connectivity index (χ0v) is 19.4. The fourth-order valence-corrected chi connectivity index (χ4v) is 4.19. The summed E-state index contributed by atoms with van der Waals surface area (Å²) in [6.07, 6.45) is -0.0444. The van der Waals surface area contributed by atoms with Crippen molar-refractivity contribution in [2.45, 2.75) is 30.3 Å². The number of ether oxygens (including phenoxy) is 2. The Balaban J connectivity index is 1.62. The van der Waals surface area contributed by atoms with E-state index in [1.165, 1.54) is 25.6 Å². The Bertz CT molecular complexity index is 1210. The van der Waals surface area contributed by atoms with Gasteiger partial charge in [0.25, 0.3) is 0 Å². The second kappa shape index (κ2) is 8.85. The number of piperidine rings is 1. The summed E-state index contributed by atoms with van der Waals surface area (Å²) in [5.41, 5.74) is -1.40. The molecule has 1 aromatic heterocycles. The molecule has 0 bridgehead atoms. The molecule has 0 saturated carbocycles. The minimum Gasteiger partial charge on any atom is -0.493 e. The van der Waals surface area contributed by atoms with E-state index in [1.54, 1.807) is 23.5 Å². The van der Waals surface area contributed by atoms with Crippen LogP contribution in [0.4, 0.5) is 15.9 Å². The number of rotatable bonds is 6. The van der Waals surface area contributed by atoms with Crippen molar-refractivity contribution < 1.29 is 39.4 Å². The number of anilines is 2. The SMILES string of the molecule is COc1cc2c(Nc3ccc(Br)cc3F)ncnc2cc1OCC1(O)CC(O)(O)NC(O)(O)C1. The Labute approximate surface area is 200 Å². The zero-order chi connectivity index (χ0) is 24.7. The Hall–Kier alpha value is -2.65. The minimum atomic E-state index is -2.73. The Morgan fingerprint density at radius 3 is 2.41 bits per heavy atom. The van der Waals surface area contributed by atoms with Crippen molar-refractivity contribution in [2.24, 2.45) is 0 Å². The monoisotopic (exact) mass is 540 g/mol. The third-order valence-corrected chi connectivity index (χ3v) is 5.65. The number of methoxy groups -OCH3 is 1. The maximum absolute atomic E-state index is 14.3. The molecule has 2 heterocycles. The molecule has 4 rings (SSSR count). The molecule has 0 aliphatic carbocycles. The van der Waals surface area contributed by atoms with E-state index in [0.717, 1.165) is 0 Å². The van der Waals surface area contributed by atoms with Crippen LogP contribution in [0.1, 0.15) is 12.8 Å². The third-order valence-electron chi connectivity index (χ3n) is 5.15.